The van der Waals surface area contributed by atoms with Crippen LogP contribution in [0.4, 0.5) is 10.8 Å². The molecule has 3 aromatic carbocycles. The van der Waals surface area contributed by atoms with Crippen LogP contribution in [0.3, 0.4) is 0 Å². The lowest BCUT2D eigenvalue weighted by Crippen LogP contribution is -2.48. The van der Waals surface area contributed by atoms with Gasteiger partial charge in [-0.05, 0) is 42.5 Å². The predicted octanol–water partition coefficient (Wildman–Crippen LogP) is 4.07. The molecule has 0 aliphatic carbocycles. The number of halogens is 1. The smallest absolute Gasteiger partial charge is 0.261 e. The van der Waals surface area contributed by atoms with Crippen LogP contribution in [0, 0.1) is 0 Å². The molecule has 1 fully saturated rings. The highest BCUT2D eigenvalue weighted by Crippen LogP contribution is 2.29. The number of piperazine rings is 1. The summed E-state index contributed by atoms with van der Waals surface area (Å²) in [7, 11) is -3.72. The lowest BCUT2D eigenvalue weighted by atomic mass is 10.2. The second kappa shape index (κ2) is 11.9. The van der Waals surface area contributed by atoms with E-state index in [1.165, 1.54) is 16.8 Å². The number of benzene rings is 3. The van der Waals surface area contributed by atoms with Crippen LogP contribution in [-0.4, -0.2) is 63.5 Å². The Morgan fingerprint density at radius 3 is 2.41 bits per heavy atom. The zero-order chi connectivity index (χ0) is 25.0. The normalized spacial score (nSPS) is 14.2. The third-order valence-electron chi connectivity index (χ3n) is 6.07. The van der Waals surface area contributed by atoms with Crippen LogP contribution >= 0.6 is 23.7 Å². The first kappa shape index (κ1) is 26.9. The van der Waals surface area contributed by atoms with Crippen LogP contribution in [0.1, 0.15) is 10.4 Å². The number of nitrogens with zero attached hydrogens (tertiary/aromatic N) is 3. The summed E-state index contributed by atoms with van der Waals surface area (Å²) in [6, 6.07) is 22.8. The Labute approximate surface area is 226 Å². The predicted molar refractivity (Wildman–Crippen MR) is 152 cm³/mol. The standard InChI is InChI=1S/C26H27N5O3S2.ClH/c32-25(20-7-6-8-21(19-20)29-36(33,34)22-9-2-1-3-10-22)27-13-14-30-15-17-31(18-16-30)26-28-23-11-4-5-12-24(23)35-26;/h1-12,19,29H,13-18H2,(H,27,32);1H. The lowest BCUT2D eigenvalue weighted by molar-refractivity contribution is 0.0948. The molecule has 0 radical (unpaired) electrons. The van der Waals surface area contributed by atoms with Gasteiger partial charge in [0, 0.05) is 50.5 Å². The van der Waals surface area contributed by atoms with Crippen LogP contribution in [0.2, 0.25) is 0 Å². The topological polar surface area (TPSA) is 94.6 Å². The molecule has 2 heterocycles. The third kappa shape index (κ3) is 6.58. The fraction of sp³-hybridized carbons (Fsp3) is 0.231. The summed E-state index contributed by atoms with van der Waals surface area (Å²) in [5, 5.41) is 4.01. The zero-order valence-corrected chi connectivity index (χ0v) is 22.5. The van der Waals surface area contributed by atoms with E-state index in [2.05, 4.69) is 25.9 Å². The van der Waals surface area contributed by atoms with Gasteiger partial charge < -0.3 is 10.2 Å². The molecule has 1 aliphatic rings. The highest BCUT2D eigenvalue weighted by molar-refractivity contribution is 7.92. The molecular formula is C26H28ClN5O3S2. The van der Waals surface area contributed by atoms with Crippen LogP contribution in [0.15, 0.2) is 83.8 Å². The van der Waals surface area contributed by atoms with Crippen LogP contribution < -0.4 is 14.9 Å². The Hall–Kier alpha value is -3.18. The number of carbonyl (C=O) groups is 1. The molecule has 4 aromatic rings. The van der Waals surface area contributed by atoms with Crippen molar-refractivity contribution < 1.29 is 13.2 Å². The van der Waals surface area contributed by atoms with Gasteiger partial charge in [0.05, 0.1) is 15.1 Å². The minimum atomic E-state index is -3.72. The number of sulfonamides is 1. The molecule has 11 heteroatoms. The fourth-order valence-electron chi connectivity index (χ4n) is 4.13. The molecule has 1 aliphatic heterocycles. The lowest BCUT2D eigenvalue weighted by Gasteiger charge is -2.34. The molecule has 0 bridgehead atoms. The van der Waals surface area contributed by atoms with Crippen LogP contribution in [0.25, 0.3) is 10.2 Å². The minimum absolute atomic E-state index is 0. The van der Waals surface area contributed by atoms with E-state index in [1.54, 1.807) is 53.8 Å². The number of fused-ring (bicyclic) bond motifs is 1. The van der Waals surface area contributed by atoms with Gasteiger partial charge in [-0.3, -0.25) is 14.4 Å². The minimum Gasteiger partial charge on any atom is -0.351 e. The third-order valence-corrected chi connectivity index (χ3v) is 8.56. The van der Waals surface area contributed by atoms with E-state index in [-0.39, 0.29) is 23.2 Å². The number of aromatic nitrogens is 1. The molecule has 37 heavy (non-hydrogen) atoms. The van der Waals surface area contributed by atoms with Crippen molar-refractivity contribution in [2.24, 2.45) is 0 Å². The summed E-state index contributed by atoms with van der Waals surface area (Å²) < 4.78 is 28.9. The Balaban J connectivity index is 0.00000320. The molecule has 0 atom stereocenters. The second-order valence-corrected chi connectivity index (χ2v) is 11.2. The van der Waals surface area contributed by atoms with Crippen molar-refractivity contribution in [1.82, 2.24) is 15.2 Å². The van der Waals surface area contributed by atoms with Crippen molar-refractivity contribution in [3.63, 3.8) is 0 Å². The van der Waals surface area contributed by atoms with Gasteiger partial charge in [0.15, 0.2) is 5.13 Å². The quantitative estimate of drug-likeness (QED) is 0.339. The summed E-state index contributed by atoms with van der Waals surface area (Å²) in [6.07, 6.45) is 0. The average molecular weight is 558 g/mol. The SMILES string of the molecule is Cl.O=C(NCCN1CCN(c2nc3ccccc3s2)CC1)c1cccc(NS(=O)(=O)c2ccccc2)c1. The van der Waals surface area contributed by atoms with Gasteiger partial charge >= 0.3 is 0 Å². The molecule has 0 saturated carbocycles. The van der Waals surface area contributed by atoms with E-state index in [0.29, 0.717) is 17.8 Å². The molecule has 194 valence electrons. The molecule has 8 nitrogen and oxygen atoms in total. The van der Waals surface area contributed by atoms with Crippen molar-refractivity contribution in [3.8, 4) is 0 Å². The number of carbonyl (C=O) groups excluding carboxylic acids is 1. The molecule has 1 aromatic heterocycles. The van der Waals surface area contributed by atoms with Crippen LogP contribution in [0.5, 0.6) is 0 Å². The van der Waals surface area contributed by atoms with Crippen molar-refractivity contribution in [2.45, 2.75) is 4.90 Å². The molecule has 2 N–H and O–H groups in total. The molecule has 0 spiro atoms. The van der Waals surface area contributed by atoms with Gasteiger partial charge in [0.25, 0.3) is 15.9 Å². The molecule has 1 amide bonds. The van der Waals surface area contributed by atoms with Crippen molar-refractivity contribution in [2.75, 3.05) is 48.9 Å². The summed E-state index contributed by atoms with van der Waals surface area (Å²) in [6.45, 7) is 4.87. The molecule has 5 rings (SSSR count). The average Bonchev–Trinajstić information content (AvgIpc) is 3.34. The van der Waals surface area contributed by atoms with Gasteiger partial charge in [-0.2, -0.15) is 0 Å². The van der Waals surface area contributed by atoms with Gasteiger partial charge in [0.1, 0.15) is 0 Å². The summed E-state index contributed by atoms with van der Waals surface area (Å²) in [4.78, 5) is 22.2. The first-order chi connectivity index (χ1) is 17.5. The monoisotopic (exact) mass is 557 g/mol. The van der Waals surface area contributed by atoms with Gasteiger partial charge in [-0.15, -0.1) is 12.4 Å². The van der Waals surface area contributed by atoms with E-state index >= 15 is 0 Å². The summed E-state index contributed by atoms with van der Waals surface area (Å²) >= 11 is 1.72. The number of nitrogens with one attached hydrogen (secondary N) is 2. The molecular weight excluding hydrogens is 530 g/mol. The van der Waals surface area contributed by atoms with Crippen LogP contribution in [-0.2, 0) is 10.0 Å². The second-order valence-electron chi connectivity index (χ2n) is 8.55. The van der Waals surface area contributed by atoms with E-state index in [4.69, 9.17) is 4.98 Å². The maximum atomic E-state index is 12.7. The first-order valence-electron chi connectivity index (χ1n) is 11.8. The van der Waals surface area contributed by atoms with E-state index < -0.39 is 10.0 Å². The maximum Gasteiger partial charge on any atom is 0.261 e. The van der Waals surface area contributed by atoms with Gasteiger partial charge in [0.2, 0.25) is 0 Å². The number of hydrogen-bond donors (Lipinski definition) is 2. The maximum absolute atomic E-state index is 12.7. The summed E-state index contributed by atoms with van der Waals surface area (Å²) in [5.41, 5.74) is 1.79. The Morgan fingerprint density at radius 2 is 1.65 bits per heavy atom. The van der Waals surface area contributed by atoms with Gasteiger partial charge in [-0.1, -0.05) is 47.7 Å². The van der Waals surface area contributed by atoms with E-state index in [0.717, 1.165) is 43.4 Å². The van der Waals surface area contributed by atoms with Crippen molar-refractivity contribution >= 4 is 60.7 Å². The van der Waals surface area contributed by atoms with E-state index in [1.807, 2.05) is 18.2 Å². The number of hydrogen-bond acceptors (Lipinski definition) is 7. The highest BCUT2D eigenvalue weighted by Gasteiger charge is 2.20. The Bertz CT molecular complexity index is 1420. The van der Waals surface area contributed by atoms with E-state index in [9.17, 15) is 13.2 Å². The fourth-order valence-corrected chi connectivity index (χ4v) is 6.21. The zero-order valence-electron chi connectivity index (χ0n) is 20.0. The number of anilines is 2. The number of amides is 1. The first-order valence-corrected chi connectivity index (χ1v) is 14.1. The summed E-state index contributed by atoms with van der Waals surface area (Å²) in [5.74, 6) is -0.233. The number of rotatable bonds is 8. The Kier molecular flexibility index (Phi) is 8.65. The largest absolute Gasteiger partial charge is 0.351 e. The molecule has 1 saturated heterocycles. The number of thiazole rings is 1. The van der Waals surface area contributed by atoms with Crippen molar-refractivity contribution in [3.05, 3.63) is 84.4 Å². The highest BCUT2D eigenvalue weighted by atomic mass is 35.5. The number of para-hydroxylation sites is 1. The van der Waals surface area contributed by atoms with Crippen molar-refractivity contribution in [1.29, 1.82) is 0 Å². The Morgan fingerprint density at radius 1 is 0.919 bits per heavy atom. The van der Waals surface area contributed by atoms with Gasteiger partial charge in [-0.25, -0.2) is 13.4 Å². The molecule has 0 unspecified atom stereocenters.